The standard InChI is InChI=1S/C14H18N4O2/c1-19-11-5-2-4-10(8-11)18-14(12(9-15)16-17-18)13-6-3-7-20-13/h2,4-5,8,13H,3,6-7,9,15H2,1H3. The van der Waals surface area contributed by atoms with Gasteiger partial charge in [0, 0.05) is 19.2 Å². The average molecular weight is 274 g/mol. The van der Waals surface area contributed by atoms with Crippen LogP contribution in [0, 0.1) is 0 Å². The van der Waals surface area contributed by atoms with E-state index in [9.17, 15) is 0 Å². The van der Waals surface area contributed by atoms with Gasteiger partial charge in [0.25, 0.3) is 0 Å². The molecule has 2 heterocycles. The lowest BCUT2D eigenvalue weighted by atomic mass is 10.1. The van der Waals surface area contributed by atoms with Crippen molar-refractivity contribution in [2.75, 3.05) is 13.7 Å². The van der Waals surface area contributed by atoms with E-state index < -0.39 is 0 Å². The summed E-state index contributed by atoms with van der Waals surface area (Å²) in [5.74, 6) is 0.783. The summed E-state index contributed by atoms with van der Waals surface area (Å²) in [6.45, 7) is 1.14. The predicted molar refractivity (Wildman–Crippen MR) is 73.7 cm³/mol. The Morgan fingerprint density at radius 3 is 3.10 bits per heavy atom. The van der Waals surface area contributed by atoms with Crippen LogP contribution in [0.2, 0.25) is 0 Å². The number of nitrogens with two attached hydrogens (primary N) is 1. The van der Waals surface area contributed by atoms with Gasteiger partial charge in [-0.1, -0.05) is 11.3 Å². The second-order valence-corrected chi connectivity index (χ2v) is 4.74. The maximum Gasteiger partial charge on any atom is 0.121 e. The highest BCUT2D eigenvalue weighted by atomic mass is 16.5. The smallest absolute Gasteiger partial charge is 0.121 e. The molecule has 1 aliphatic heterocycles. The van der Waals surface area contributed by atoms with Crippen LogP contribution in [0.4, 0.5) is 0 Å². The summed E-state index contributed by atoms with van der Waals surface area (Å²) < 4.78 is 12.8. The fourth-order valence-corrected chi connectivity index (χ4v) is 2.51. The van der Waals surface area contributed by atoms with Crippen LogP contribution < -0.4 is 10.5 Å². The third-order valence-electron chi connectivity index (χ3n) is 3.50. The van der Waals surface area contributed by atoms with Crippen LogP contribution >= 0.6 is 0 Å². The third-order valence-corrected chi connectivity index (χ3v) is 3.50. The number of benzene rings is 1. The molecule has 1 aliphatic rings. The zero-order chi connectivity index (χ0) is 13.9. The van der Waals surface area contributed by atoms with Gasteiger partial charge in [0.2, 0.25) is 0 Å². The van der Waals surface area contributed by atoms with Crippen molar-refractivity contribution in [1.29, 1.82) is 0 Å². The van der Waals surface area contributed by atoms with Gasteiger partial charge in [-0.15, -0.1) is 5.10 Å². The van der Waals surface area contributed by atoms with Gasteiger partial charge in [-0.3, -0.25) is 0 Å². The summed E-state index contributed by atoms with van der Waals surface area (Å²) in [6.07, 6.45) is 2.05. The Bertz CT molecular complexity index is 591. The van der Waals surface area contributed by atoms with Crippen molar-refractivity contribution in [3.8, 4) is 11.4 Å². The average Bonchev–Trinajstić information content (AvgIpc) is 3.15. The van der Waals surface area contributed by atoms with E-state index in [-0.39, 0.29) is 6.10 Å². The van der Waals surface area contributed by atoms with Crippen LogP contribution in [0.25, 0.3) is 5.69 Å². The summed E-state index contributed by atoms with van der Waals surface area (Å²) >= 11 is 0. The van der Waals surface area contributed by atoms with Gasteiger partial charge in [0.1, 0.15) is 17.5 Å². The number of aromatic nitrogens is 3. The summed E-state index contributed by atoms with van der Waals surface area (Å²) in [5, 5.41) is 8.41. The molecule has 0 spiro atoms. The molecule has 1 fully saturated rings. The molecule has 1 aromatic heterocycles. The van der Waals surface area contributed by atoms with Crippen molar-refractivity contribution >= 4 is 0 Å². The SMILES string of the molecule is COc1cccc(-n2nnc(CN)c2C2CCCO2)c1. The summed E-state index contributed by atoms with van der Waals surface area (Å²) in [6, 6.07) is 7.72. The van der Waals surface area contributed by atoms with E-state index in [0.717, 1.165) is 42.3 Å². The van der Waals surface area contributed by atoms with Crippen molar-refractivity contribution in [3.05, 3.63) is 35.7 Å². The molecule has 1 atom stereocenters. The lowest BCUT2D eigenvalue weighted by Crippen LogP contribution is -2.11. The molecule has 0 radical (unpaired) electrons. The summed E-state index contributed by atoms with van der Waals surface area (Å²) in [7, 11) is 1.65. The minimum Gasteiger partial charge on any atom is -0.497 e. The number of hydrogen-bond donors (Lipinski definition) is 1. The molecule has 106 valence electrons. The molecule has 1 saturated heterocycles. The molecule has 1 unspecified atom stereocenters. The summed E-state index contributed by atoms with van der Waals surface area (Å²) in [4.78, 5) is 0. The first-order valence-electron chi connectivity index (χ1n) is 6.74. The number of nitrogens with zero attached hydrogens (tertiary/aromatic N) is 3. The maximum absolute atomic E-state index is 5.77. The van der Waals surface area contributed by atoms with E-state index in [0.29, 0.717) is 6.54 Å². The van der Waals surface area contributed by atoms with E-state index in [2.05, 4.69) is 10.3 Å². The second kappa shape index (κ2) is 5.60. The number of hydrogen-bond acceptors (Lipinski definition) is 5. The molecule has 6 nitrogen and oxygen atoms in total. The van der Waals surface area contributed by atoms with E-state index in [1.807, 2.05) is 24.3 Å². The van der Waals surface area contributed by atoms with Crippen LogP contribution in [0.1, 0.15) is 30.3 Å². The van der Waals surface area contributed by atoms with Crippen molar-refractivity contribution in [1.82, 2.24) is 15.0 Å². The maximum atomic E-state index is 5.77. The minimum absolute atomic E-state index is 0.0229. The Labute approximate surface area is 117 Å². The first kappa shape index (κ1) is 13.1. The zero-order valence-corrected chi connectivity index (χ0v) is 11.5. The highest BCUT2D eigenvalue weighted by Gasteiger charge is 2.26. The van der Waals surface area contributed by atoms with Crippen LogP contribution in [0.5, 0.6) is 5.75 Å². The predicted octanol–water partition coefficient (Wildman–Crippen LogP) is 1.59. The molecule has 3 rings (SSSR count). The normalized spacial score (nSPS) is 18.4. The van der Waals surface area contributed by atoms with Crippen LogP contribution in [-0.2, 0) is 11.3 Å². The number of ether oxygens (including phenoxy) is 2. The van der Waals surface area contributed by atoms with Gasteiger partial charge in [-0.25, -0.2) is 4.68 Å². The fourth-order valence-electron chi connectivity index (χ4n) is 2.51. The second-order valence-electron chi connectivity index (χ2n) is 4.74. The highest BCUT2D eigenvalue weighted by molar-refractivity contribution is 5.40. The molecule has 1 aromatic carbocycles. The molecule has 2 aromatic rings. The molecule has 20 heavy (non-hydrogen) atoms. The van der Waals surface area contributed by atoms with Crippen molar-refractivity contribution in [2.45, 2.75) is 25.5 Å². The Balaban J connectivity index is 2.06. The Kier molecular flexibility index (Phi) is 3.66. The first-order valence-corrected chi connectivity index (χ1v) is 6.74. The van der Waals surface area contributed by atoms with E-state index >= 15 is 0 Å². The van der Waals surface area contributed by atoms with Gasteiger partial charge in [0.15, 0.2) is 0 Å². The largest absolute Gasteiger partial charge is 0.497 e. The molecule has 0 bridgehead atoms. The fraction of sp³-hybridized carbons (Fsp3) is 0.429. The Hall–Kier alpha value is -1.92. The van der Waals surface area contributed by atoms with Crippen molar-refractivity contribution < 1.29 is 9.47 Å². The Morgan fingerprint density at radius 2 is 2.40 bits per heavy atom. The van der Waals surface area contributed by atoms with Crippen molar-refractivity contribution in [3.63, 3.8) is 0 Å². The monoisotopic (exact) mass is 274 g/mol. The molecule has 0 amide bonds. The molecule has 2 N–H and O–H groups in total. The third kappa shape index (κ3) is 2.28. The van der Waals surface area contributed by atoms with Crippen LogP contribution in [0.15, 0.2) is 24.3 Å². The quantitative estimate of drug-likeness (QED) is 0.916. The van der Waals surface area contributed by atoms with E-state index in [1.165, 1.54) is 0 Å². The topological polar surface area (TPSA) is 75.2 Å². The van der Waals surface area contributed by atoms with Gasteiger partial charge in [-0.05, 0) is 25.0 Å². The van der Waals surface area contributed by atoms with Crippen LogP contribution in [0.3, 0.4) is 0 Å². The first-order chi connectivity index (χ1) is 9.83. The van der Waals surface area contributed by atoms with E-state index in [1.54, 1.807) is 11.8 Å². The number of rotatable bonds is 4. The van der Waals surface area contributed by atoms with Gasteiger partial charge >= 0.3 is 0 Å². The molecule has 0 aliphatic carbocycles. The molecular formula is C14H18N4O2. The Morgan fingerprint density at radius 1 is 1.50 bits per heavy atom. The minimum atomic E-state index is 0.0229. The highest BCUT2D eigenvalue weighted by Crippen LogP contribution is 2.31. The molecular weight excluding hydrogens is 256 g/mol. The number of methoxy groups -OCH3 is 1. The van der Waals surface area contributed by atoms with Crippen molar-refractivity contribution in [2.24, 2.45) is 5.73 Å². The lowest BCUT2D eigenvalue weighted by molar-refractivity contribution is 0.106. The zero-order valence-electron chi connectivity index (χ0n) is 11.5. The summed E-state index contributed by atoms with van der Waals surface area (Å²) in [5.41, 5.74) is 8.42. The van der Waals surface area contributed by atoms with Gasteiger partial charge in [-0.2, -0.15) is 0 Å². The van der Waals surface area contributed by atoms with Gasteiger partial charge < -0.3 is 15.2 Å². The van der Waals surface area contributed by atoms with Crippen LogP contribution in [-0.4, -0.2) is 28.7 Å². The lowest BCUT2D eigenvalue weighted by Gasteiger charge is -2.13. The molecule has 0 saturated carbocycles. The van der Waals surface area contributed by atoms with E-state index in [4.69, 9.17) is 15.2 Å². The van der Waals surface area contributed by atoms with Gasteiger partial charge in [0.05, 0.1) is 18.5 Å². The molecule has 6 heteroatoms.